The summed E-state index contributed by atoms with van der Waals surface area (Å²) >= 11 is 0. The monoisotopic (exact) mass is 456 g/mol. The van der Waals surface area contributed by atoms with E-state index in [2.05, 4.69) is 9.88 Å². The number of hydrogen-bond donors (Lipinski definition) is 2. The fourth-order valence-electron chi connectivity index (χ4n) is 7.04. The van der Waals surface area contributed by atoms with Crippen LogP contribution < -0.4 is 4.74 Å². The first kappa shape index (κ1) is 22.2. The van der Waals surface area contributed by atoms with Gasteiger partial charge in [-0.1, -0.05) is 0 Å². The topological polar surface area (TPSA) is 101 Å². The van der Waals surface area contributed by atoms with Crippen LogP contribution in [0.5, 0.6) is 5.75 Å². The average molecular weight is 457 g/mol. The fourth-order valence-corrected chi connectivity index (χ4v) is 7.04. The number of H-pyrrole nitrogens is 1. The fraction of sp³-hybridized carbons (Fsp3) is 0.600. The van der Waals surface area contributed by atoms with E-state index in [-0.39, 0.29) is 42.3 Å². The number of esters is 2. The van der Waals surface area contributed by atoms with Gasteiger partial charge in [-0.2, -0.15) is 0 Å². The Morgan fingerprint density at radius 3 is 2.73 bits per heavy atom. The number of ether oxygens (including phenoxy) is 3. The number of fused-ring (bicyclic) bond motifs is 4. The molecule has 2 N–H and O–H groups in total. The van der Waals surface area contributed by atoms with Crippen LogP contribution >= 0.6 is 0 Å². The number of rotatable bonds is 5. The predicted molar refractivity (Wildman–Crippen MR) is 121 cm³/mol. The molecule has 0 radical (unpaired) electrons. The minimum Gasteiger partial charge on any atom is -0.497 e. The Bertz CT molecular complexity index is 1090. The average Bonchev–Trinajstić information content (AvgIpc) is 3.14. The predicted octanol–water partition coefficient (Wildman–Crippen LogP) is 2.17. The molecule has 1 aromatic heterocycles. The Morgan fingerprint density at radius 2 is 2.06 bits per heavy atom. The van der Waals surface area contributed by atoms with Crippen LogP contribution in [-0.4, -0.2) is 73.0 Å². The Kier molecular flexibility index (Phi) is 5.40. The van der Waals surface area contributed by atoms with Crippen LogP contribution in [0, 0.1) is 11.8 Å². The van der Waals surface area contributed by atoms with E-state index in [1.807, 2.05) is 18.2 Å². The van der Waals surface area contributed by atoms with E-state index in [1.54, 1.807) is 14.0 Å². The van der Waals surface area contributed by atoms with E-state index in [0.29, 0.717) is 19.4 Å². The molecule has 1 saturated carbocycles. The van der Waals surface area contributed by atoms with Crippen LogP contribution in [0.3, 0.4) is 0 Å². The lowest BCUT2D eigenvalue weighted by Gasteiger charge is -2.61. The van der Waals surface area contributed by atoms with Crippen LogP contribution in [0.1, 0.15) is 37.4 Å². The third-order valence-corrected chi connectivity index (χ3v) is 8.35. The first-order valence-corrected chi connectivity index (χ1v) is 11.6. The van der Waals surface area contributed by atoms with Crippen LogP contribution in [-0.2, 0) is 30.9 Å². The van der Waals surface area contributed by atoms with Crippen molar-refractivity contribution in [1.29, 1.82) is 0 Å². The third kappa shape index (κ3) is 3.10. The molecular formula is C25H32N2O6. The number of aromatic nitrogens is 1. The van der Waals surface area contributed by atoms with Crippen molar-refractivity contribution in [3.05, 3.63) is 29.5 Å². The zero-order valence-electron chi connectivity index (χ0n) is 19.6. The maximum atomic E-state index is 13.7. The number of hydrogen-bond acceptors (Lipinski definition) is 7. The summed E-state index contributed by atoms with van der Waals surface area (Å²) in [6.45, 7) is 2.48. The maximum Gasteiger partial charge on any atom is 0.319 e. The van der Waals surface area contributed by atoms with Crippen molar-refractivity contribution in [3.63, 3.8) is 0 Å². The number of methoxy groups -OCH3 is 3. The number of aliphatic hydroxyl groups is 1. The second-order valence-corrected chi connectivity index (χ2v) is 9.74. The van der Waals surface area contributed by atoms with E-state index < -0.39 is 11.5 Å². The van der Waals surface area contributed by atoms with Crippen LogP contribution in [0.4, 0.5) is 0 Å². The normalized spacial score (nSPS) is 33.2. The molecule has 178 valence electrons. The first-order valence-electron chi connectivity index (χ1n) is 11.6. The summed E-state index contributed by atoms with van der Waals surface area (Å²) in [6, 6.07) is 5.60. The Labute approximate surface area is 193 Å². The van der Waals surface area contributed by atoms with Crippen molar-refractivity contribution in [2.75, 3.05) is 27.9 Å². The van der Waals surface area contributed by atoms with Gasteiger partial charge in [0.15, 0.2) is 0 Å². The molecule has 6 rings (SSSR count). The van der Waals surface area contributed by atoms with Gasteiger partial charge >= 0.3 is 11.9 Å². The van der Waals surface area contributed by atoms with Gasteiger partial charge in [0.2, 0.25) is 0 Å². The van der Waals surface area contributed by atoms with Gasteiger partial charge in [-0.15, -0.1) is 0 Å². The van der Waals surface area contributed by atoms with Gasteiger partial charge < -0.3 is 24.3 Å². The highest BCUT2D eigenvalue weighted by molar-refractivity contribution is 5.92. The molecule has 0 spiro atoms. The molecule has 1 unspecified atom stereocenters. The lowest BCUT2D eigenvalue weighted by Crippen LogP contribution is -2.72. The van der Waals surface area contributed by atoms with Crippen LogP contribution in [0.15, 0.2) is 18.2 Å². The molecule has 3 aliphatic heterocycles. The highest BCUT2D eigenvalue weighted by atomic mass is 16.5. The second-order valence-electron chi connectivity index (χ2n) is 9.74. The number of piperidine rings is 2. The second kappa shape index (κ2) is 8.02. The zero-order valence-corrected chi connectivity index (χ0v) is 19.6. The molecule has 4 bridgehead atoms. The number of nitrogens with zero attached hydrogens (tertiary/aromatic N) is 1. The molecule has 4 aliphatic rings. The van der Waals surface area contributed by atoms with Crippen LogP contribution in [0.25, 0.3) is 10.9 Å². The van der Waals surface area contributed by atoms with E-state index in [9.17, 15) is 14.7 Å². The summed E-state index contributed by atoms with van der Waals surface area (Å²) in [5.74, 6) is 0.174. The number of nitrogens with one attached hydrogen (secondary N) is 1. The summed E-state index contributed by atoms with van der Waals surface area (Å²) in [5.41, 5.74) is 1.99. The molecular weight excluding hydrogens is 424 g/mol. The SMILES string of the molecule is COC(=O)C[C@@H]1[C@@H]2C[C@H]([C@H](C)O)[C@@H]3N1CCc1c([nH]c4ccc(OC)cc14)[C@]3(C(=O)OC)C2. The Hall–Kier alpha value is -2.58. The van der Waals surface area contributed by atoms with Gasteiger partial charge in [0, 0.05) is 41.1 Å². The molecule has 1 aromatic carbocycles. The molecule has 7 atom stereocenters. The summed E-state index contributed by atoms with van der Waals surface area (Å²) in [5, 5.41) is 11.8. The smallest absolute Gasteiger partial charge is 0.319 e. The largest absolute Gasteiger partial charge is 0.497 e. The number of aliphatic hydroxyl groups excluding tert-OH is 1. The molecule has 33 heavy (non-hydrogen) atoms. The summed E-state index contributed by atoms with van der Waals surface area (Å²) in [7, 11) is 4.49. The highest BCUT2D eigenvalue weighted by Gasteiger charge is 2.66. The summed E-state index contributed by atoms with van der Waals surface area (Å²) in [6.07, 6.45) is 1.75. The van der Waals surface area contributed by atoms with Crippen molar-refractivity contribution in [2.45, 2.75) is 56.2 Å². The number of carbonyl (C=O) groups excluding carboxylic acids is 2. The van der Waals surface area contributed by atoms with Gasteiger partial charge in [0.05, 0.1) is 33.9 Å². The Balaban J connectivity index is 1.73. The molecule has 8 heteroatoms. The molecule has 8 nitrogen and oxygen atoms in total. The summed E-state index contributed by atoms with van der Waals surface area (Å²) < 4.78 is 15.9. The van der Waals surface area contributed by atoms with Gasteiger partial charge in [-0.05, 0) is 55.9 Å². The number of carbonyl (C=O) groups is 2. The van der Waals surface area contributed by atoms with Gasteiger partial charge in [0.1, 0.15) is 11.2 Å². The lowest BCUT2D eigenvalue weighted by atomic mass is 9.53. The Morgan fingerprint density at radius 1 is 1.27 bits per heavy atom. The van der Waals surface area contributed by atoms with Crippen molar-refractivity contribution < 1.29 is 28.9 Å². The summed E-state index contributed by atoms with van der Waals surface area (Å²) in [4.78, 5) is 31.9. The molecule has 3 fully saturated rings. The first-order chi connectivity index (χ1) is 15.8. The molecule has 4 heterocycles. The van der Waals surface area contributed by atoms with Crippen molar-refractivity contribution in [2.24, 2.45) is 11.8 Å². The van der Waals surface area contributed by atoms with Gasteiger partial charge in [-0.3, -0.25) is 14.5 Å². The lowest BCUT2D eigenvalue weighted by molar-refractivity contribution is -0.176. The molecule has 1 aliphatic carbocycles. The van der Waals surface area contributed by atoms with Gasteiger partial charge in [0.25, 0.3) is 0 Å². The van der Waals surface area contributed by atoms with Crippen molar-refractivity contribution >= 4 is 22.8 Å². The van der Waals surface area contributed by atoms with E-state index in [4.69, 9.17) is 14.2 Å². The molecule has 2 saturated heterocycles. The standard InChI is InChI=1S/C25H32N2O6/c1-13(28)17-9-14-12-25(24(30)33-4)22-16(18-10-15(31-2)5-6-19(18)26-22)7-8-27(23(17)25)20(14)11-21(29)32-3/h5-6,10,13-14,17,20,23,26,28H,7-9,11-12H2,1-4H3/t13-,14+,17+,20+,23-,25+/m0/s1. The van der Waals surface area contributed by atoms with Gasteiger partial charge in [-0.25, -0.2) is 0 Å². The number of benzene rings is 1. The maximum absolute atomic E-state index is 13.7. The van der Waals surface area contributed by atoms with Crippen molar-refractivity contribution in [1.82, 2.24) is 9.88 Å². The quantitative estimate of drug-likeness (QED) is 0.665. The number of aromatic amines is 1. The van der Waals surface area contributed by atoms with E-state index in [1.165, 1.54) is 14.2 Å². The molecule has 2 aromatic rings. The van der Waals surface area contributed by atoms with Crippen LogP contribution in [0.2, 0.25) is 0 Å². The van der Waals surface area contributed by atoms with Crippen molar-refractivity contribution in [3.8, 4) is 5.75 Å². The molecule has 0 amide bonds. The van der Waals surface area contributed by atoms with E-state index >= 15 is 0 Å². The minimum atomic E-state index is -0.940. The third-order valence-electron chi connectivity index (χ3n) is 8.35. The minimum absolute atomic E-state index is 0.0277. The highest BCUT2D eigenvalue weighted by Crippen LogP contribution is 2.58. The zero-order chi connectivity index (χ0) is 23.5. The van der Waals surface area contributed by atoms with E-state index in [0.717, 1.165) is 34.3 Å².